The van der Waals surface area contributed by atoms with Gasteiger partial charge >= 0.3 is 5.97 Å². The van der Waals surface area contributed by atoms with E-state index in [2.05, 4.69) is 0 Å². The summed E-state index contributed by atoms with van der Waals surface area (Å²) in [4.78, 5) is 12.5. The smallest absolute Gasteiger partial charge is 0.308 e. The summed E-state index contributed by atoms with van der Waals surface area (Å²) in [6.45, 7) is 1.67. The third-order valence-electron chi connectivity index (χ3n) is 6.43. The Morgan fingerprint density at radius 1 is 1.03 bits per heavy atom. The van der Waals surface area contributed by atoms with Gasteiger partial charge in [0, 0.05) is 17.5 Å². The fraction of sp³-hybridized carbons (Fsp3) is 0.296. The molecule has 3 aromatic rings. The van der Waals surface area contributed by atoms with E-state index in [9.17, 15) is 18.3 Å². The van der Waals surface area contributed by atoms with Crippen LogP contribution in [0.3, 0.4) is 0 Å². The summed E-state index contributed by atoms with van der Waals surface area (Å²) in [6, 6.07) is 23.6. The van der Waals surface area contributed by atoms with Crippen LogP contribution in [-0.4, -0.2) is 42.7 Å². The van der Waals surface area contributed by atoms with Crippen LogP contribution >= 0.6 is 11.8 Å². The first-order valence-corrected chi connectivity index (χ1v) is 13.9. The van der Waals surface area contributed by atoms with E-state index in [4.69, 9.17) is 4.74 Å². The zero-order chi connectivity index (χ0) is 25.0. The number of piperidine rings is 1. The third kappa shape index (κ3) is 5.55. The van der Waals surface area contributed by atoms with Gasteiger partial charge < -0.3 is 9.84 Å². The van der Waals surface area contributed by atoms with E-state index >= 15 is 0 Å². The normalized spacial score (nSPS) is 20.9. The first-order valence-electron chi connectivity index (χ1n) is 11.4. The highest BCUT2D eigenvalue weighted by Gasteiger charge is 2.45. The Labute approximate surface area is 211 Å². The van der Waals surface area contributed by atoms with Crippen molar-refractivity contribution in [1.82, 2.24) is 4.31 Å². The van der Waals surface area contributed by atoms with Gasteiger partial charge in [-0.3, -0.25) is 4.79 Å². The standard InChI is InChI=1S/C27H29NO5S2/c1-19-8-6-7-11-26(19)35(31,32)28-17-23(27(29)30)25(34-18-20-9-4-3-5-10-20)16-24(28)21-12-14-22(33-2)15-13-21/h3-15,23-25H,16-18H2,1-2H3,(H,29,30)/t23-,24+,25-/m1/s1. The highest BCUT2D eigenvalue weighted by molar-refractivity contribution is 7.99. The van der Waals surface area contributed by atoms with Crippen LogP contribution in [0.15, 0.2) is 83.8 Å². The molecule has 0 amide bonds. The second-order valence-electron chi connectivity index (χ2n) is 8.64. The predicted octanol–water partition coefficient (Wildman–Crippen LogP) is 5.14. The molecule has 3 atom stereocenters. The van der Waals surface area contributed by atoms with E-state index < -0.39 is 28.0 Å². The summed E-state index contributed by atoms with van der Waals surface area (Å²) in [5, 5.41) is 9.84. The Hall–Kier alpha value is -2.81. The summed E-state index contributed by atoms with van der Waals surface area (Å²) in [7, 11) is -2.35. The molecule has 0 unspecified atom stereocenters. The zero-order valence-corrected chi connectivity index (χ0v) is 21.3. The molecule has 3 aromatic carbocycles. The van der Waals surface area contributed by atoms with Crippen molar-refractivity contribution in [3.63, 3.8) is 0 Å². The Kier molecular flexibility index (Phi) is 7.84. The minimum atomic E-state index is -3.93. The topological polar surface area (TPSA) is 83.9 Å². The molecule has 6 nitrogen and oxygen atoms in total. The molecule has 0 saturated carbocycles. The number of sulfonamides is 1. The minimum absolute atomic E-state index is 0.0881. The minimum Gasteiger partial charge on any atom is -0.497 e. The van der Waals surface area contributed by atoms with Crippen LogP contribution < -0.4 is 4.74 Å². The van der Waals surface area contributed by atoms with E-state index in [-0.39, 0.29) is 16.7 Å². The van der Waals surface area contributed by atoms with Crippen LogP contribution in [0, 0.1) is 12.8 Å². The summed E-state index contributed by atoms with van der Waals surface area (Å²) in [5.74, 6) is -0.461. The van der Waals surface area contributed by atoms with Crippen LogP contribution in [0.1, 0.15) is 29.2 Å². The molecule has 1 N–H and O–H groups in total. The molecular weight excluding hydrogens is 482 g/mol. The number of hydrogen-bond donors (Lipinski definition) is 1. The van der Waals surface area contributed by atoms with Crippen molar-refractivity contribution in [2.75, 3.05) is 13.7 Å². The number of hydrogen-bond acceptors (Lipinski definition) is 5. The Morgan fingerprint density at radius 3 is 2.31 bits per heavy atom. The molecule has 0 spiro atoms. The fourth-order valence-corrected chi connectivity index (χ4v) is 7.74. The Balaban J connectivity index is 1.72. The molecular formula is C27H29NO5S2. The molecule has 0 bridgehead atoms. The van der Waals surface area contributed by atoms with Gasteiger partial charge in [0.25, 0.3) is 0 Å². The van der Waals surface area contributed by atoms with Gasteiger partial charge in [-0.15, -0.1) is 0 Å². The van der Waals surface area contributed by atoms with Crippen molar-refractivity contribution in [2.45, 2.75) is 35.3 Å². The number of aryl methyl sites for hydroxylation is 1. The molecule has 1 fully saturated rings. The van der Waals surface area contributed by atoms with Crippen LogP contribution in [0.2, 0.25) is 0 Å². The second kappa shape index (κ2) is 10.8. The molecule has 1 saturated heterocycles. The fourth-order valence-electron chi connectivity index (χ4n) is 4.51. The number of rotatable bonds is 8. The van der Waals surface area contributed by atoms with Crippen LogP contribution in [0.4, 0.5) is 0 Å². The molecule has 4 rings (SSSR count). The number of carboxylic acids is 1. The van der Waals surface area contributed by atoms with Crippen molar-refractivity contribution in [3.8, 4) is 5.75 Å². The average Bonchev–Trinajstić information content (AvgIpc) is 2.87. The van der Waals surface area contributed by atoms with Gasteiger partial charge in [-0.2, -0.15) is 16.1 Å². The quantitative estimate of drug-likeness (QED) is 0.451. The first-order chi connectivity index (χ1) is 16.8. The number of nitrogens with zero attached hydrogens (tertiary/aromatic N) is 1. The highest BCUT2D eigenvalue weighted by atomic mass is 32.2. The van der Waals surface area contributed by atoms with Gasteiger partial charge in [0.05, 0.1) is 24.0 Å². The van der Waals surface area contributed by atoms with Crippen molar-refractivity contribution in [2.24, 2.45) is 5.92 Å². The van der Waals surface area contributed by atoms with E-state index in [1.54, 1.807) is 50.1 Å². The molecule has 35 heavy (non-hydrogen) atoms. The van der Waals surface area contributed by atoms with Gasteiger partial charge in [0.15, 0.2) is 0 Å². The van der Waals surface area contributed by atoms with Gasteiger partial charge in [0.1, 0.15) is 5.75 Å². The molecule has 1 aliphatic rings. The number of aliphatic carboxylic acids is 1. The number of carboxylic acid groups (broad SMARTS) is 1. The summed E-state index contributed by atoms with van der Waals surface area (Å²) < 4.78 is 34.4. The molecule has 0 radical (unpaired) electrons. The van der Waals surface area contributed by atoms with E-state index in [0.717, 1.165) is 11.1 Å². The molecule has 0 aromatic heterocycles. The molecule has 1 heterocycles. The van der Waals surface area contributed by atoms with Crippen molar-refractivity contribution in [1.29, 1.82) is 0 Å². The monoisotopic (exact) mass is 511 g/mol. The number of ether oxygens (including phenoxy) is 1. The maximum absolute atomic E-state index is 13.9. The SMILES string of the molecule is COc1ccc([C@@H]2C[C@@H](SCc3ccccc3)[C@H](C(=O)O)CN2S(=O)(=O)c2ccccc2C)cc1. The van der Waals surface area contributed by atoms with E-state index in [1.165, 1.54) is 4.31 Å². The van der Waals surface area contributed by atoms with Crippen molar-refractivity contribution < 1.29 is 23.1 Å². The lowest BCUT2D eigenvalue weighted by Gasteiger charge is -2.42. The van der Waals surface area contributed by atoms with Gasteiger partial charge in [-0.1, -0.05) is 60.7 Å². The summed E-state index contributed by atoms with van der Waals surface area (Å²) >= 11 is 1.58. The molecule has 8 heteroatoms. The van der Waals surface area contributed by atoms with Crippen LogP contribution in [-0.2, 0) is 20.6 Å². The predicted molar refractivity (Wildman–Crippen MR) is 138 cm³/mol. The average molecular weight is 512 g/mol. The zero-order valence-electron chi connectivity index (χ0n) is 19.7. The number of benzene rings is 3. The molecule has 1 aliphatic heterocycles. The van der Waals surface area contributed by atoms with E-state index in [1.807, 2.05) is 54.6 Å². The molecule has 0 aliphatic carbocycles. The lowest BCUT2D eigenvalue weighted by Crippen LogP contribution is -2.49. The van der Waals surface area contributed by atoms with Crippen LogP contribution in [0.25, 0.3) is 0 Å². The van der Waals surface area contributed by atoms with E-state index in [0.29, 0.717) is 23.5 Å². The lowest BCUT2D eigenvalue weighted by atomic mass is 9.90. The Morgan fingerprint density at radius 2 is 1.69 bits per heavy atom. The maximum Gasteiger partial charge on any atom is 0.308 e. The van der Waals surface area contributed by atoms with Crippen molar-refractivity contribution >= 4 is 27.8 Å². The number of thioether (sulfide) groups is 1. The van der Waals surface area contributed by atoms with Crippen LogP contribution in [0.5, 0.6) is 5.75 Å². The Bertz CT molecular complexity index is 1260. The summed E-state index contributed by atoms with van der Waals surface area (Å²) in [6.07, 6.45) is 0.395. The second-order valence-corrected chi connectivity index (χ2v) is 11.7. The summed E-state index contributed by atoms with van der Waals surface area (Å²) in [5.41, 5.74) is 2.56. The first kappa shape index (κ1) is 25.3. The molecule has 184 valence electrons. The lowest BCUT2D eigenvalue weighted by molar-refractivity contribution is -0.143. The number of carbonyl (C=O) groups is 1. The number of methoxy groups -OCH3 is 1. The largest absolute Gasteiger partial charge is 0.497 e. The van der Waals surface area contributed by atoms with Gasteiger partial charge in [-0.05, 0) is 48.2 Å². The highest BCUT2D eigenvalue weighted by Crippen LogP contribution is 2.43. The maximum atomic E-state index is 13.9. The van der Waals surface area contributed by atoms with Gasteiger partial charge in [0.2, 0.25) is 10.0 Å². The van der Waals surface area contributed by atoms with Gasteiger partial charge in [-0.25, -0.2) is 8.42 Å². The van der Waals surface area contributed by atoms with Crippen molar-refractivity contribution in [3.05, 3.63) is 95.6 Å². The third-order valence-corrected chi connectivity index (χ3v) is 9.92.